The Bertz CT molecular complexity index is 323. The summed E-state index contributed by atoms with van der Waals surface area (Å²) < 4.78 is 57.3. The average Bonchev–Trinajstić information content (AvgIpc) is 2.87. The molecule has 0 aromatic heterocycles. The lowest BCUT2D eigenvalue weighted by molar-refractivity contribution is -0.434. The Kier molecular flexibility index (Phi) is 3.41. The molecule has 0 amide bonds. The Hall–Kier alpha value is -0.310. The summed E-state index contributed by atoms with van der Waals surface area (Å²) in [6.45, 7) is 0. The Morgan fingerprint density at radius 2 is 1.88 bits per heavy atom. The van der Waals surface area contributed by atoms with E-state index in [1.54, 1.807) is 12.2 Å². The molecule has 0 aliphatic heterocycles. The SMILES string of the molecule is OOOSC(F)(F)C(F)(F)C1CC2C=CC1C2. The van der Waals surface area contributed by atoms with Gasteiger partial charge in [-0.15, -0.1) is 4.33 Å². The van der Waals surface area contributed by atoms with Crippen molar-refractivity contribution >= 4 is 12.0 Å². The first-order valence-electron chi connectivity index (χ1n) is 4.98. The summed E-state index contributed by atoms with van der Waals surface area (Å²) in [7, 11) is 0. The first kappa shape index (κ1) is 13.1. The van der Waals surface area contributed by atoms with Crippen LogP contribution in [0.25, 0.3) is 0 Å². The fraction of sp³-hybridized carbons (Fsp3) is 0.778. The van der Waals surface area contributed by atoms with Gasteiger partial charge in [-0.3, -0.25) is 0 Å². The number of hydrogen-bond donors (Lipinski definition) is 1. The predicted octanol–water partition coefficient (Wildman–Crippen LogP) is 3.50. The largest absolute Gasteiger partial charge is 0.383 e. The van der Waals surface area contributed by atoms with Crippen molar-refractivity contribution in [1.29, 1.82) is 0 Å². The molecular formula is C9H10F4O3S. The minimum Gasteiger partial charge on any atom is -0.220 e. The van der Waals surface area contributed by atoms with E-state index in [-0.39, 0.29) is 12.3 Å². The van der Waals surface area contributed by atoms with Crippen molar-refractivity contribution in [3.05, 3.63) is 12.2 Å². The molecule has 2 aliphatic carbocycles. The van der Waals surface area contributed by atoms with Gasteiger partial charge in [-0.2, -0.15) is 17.6 Å². The van der Waals surface area contributed by atoms with Crippen LogP contribution in [0.5, 0.6) is 0 Å². The maximum absolute atomic E-state index is 13.7. The predicted molar refractivity (Wildman–Crippen MR) is 51.1 cm³/mol. The Morgan fingerprint density at radius 1 is 1.18 bits per heavy atom. The topological polar surface area (TPSA) is 38.7 Å². The second kappa shape index (κ2) is 4.42. The summed E-state index contributed by atoms with van der Waals surface area (Å²) in [5, 5.41) is 6.22. The molecule has 3 unspecified atom stereocenters. The molecule has 1 N–H and O–H groups in total. The molecule has 17 heavy (non-hydrogen) atoms. The van der Waals surface area contributed by atoms with E-state index >= 15 is 0 Å². The zero-order valence-corrected chi connectivity index (χ0v) is 9.30. The fourth-order valence-corrected chi connectivity index (χ4v) is 2.91. The second-order valence-electron chi connectivity index (χ2n) is 4.25. The first-order chi connectivity index (χ1) is 7.88. The third-order valence-electron chi connectivity index (χ3n) is 3.30. The first-order valence-corrected chi connectivity index (χ1v) is 5.72. The van der Waals surface area contributed by atoms with E-state index in [1.165, 1.54) is 0 Å². The molecule has 3 nitrogen and oxygen atoms in total. The van der Waals surface area contributed by atoms with Crippen LogP contribution >= 0.6 is 12.0 Å². The molecule has 0 radical (unpaired) electrons. The summed E-state index contributed by atoms with van der Waals surface area (Å²) in [4.78, 5) is 0. The van der Waals surface area contributed by atoms with Crippen molar-refractivity contribution in [3.63, 3.8) is 0 Å². The monoisotopic (exact) mass is 274 g/mol. The zero-order valence-electron chi connectivity index (χ0n) is 8.48. The van der Waals surface area contributed by atoms with E-state index in [2.05, 4.69) is 9.37 Å². The molecule has 0 aromatic carbocycles. The average molecular weight is 274 g/mol. The van der Waals surface area contributed by atoms with Crippen molar-refractivity contribution < 1.29 is 32.2 Å². The third-order valence-corrected chi connectivity index (χ3v) is 3.91. The van der Waals surface area contributed by atoms with Crippen molar-refractivity contribution in [2.24, 2.45) is 17.8 Å². The summed E-state index contributed by atoms with van der Waals surface area (Å²) in [6.07, 6.45) is 3.90. The molecule has 1 fully saturated rings. The van der Waals surface area contributed by atoms with E-state index in [4.69, 9.17) is 5.26 Å². The zero-order chi connectivity index (χ0) is 12.7. The minimum atomic E-state index is -4.45. The molecule has 2 aliphatic rings. The van der Waals surface area contributed by atoms with Crippen LogP contribution in [0.2, 0.25) is 0 Å². The summed E-state index contributed by atoms with van der Waals surface area (Å²) >= 11 is -0.880. The highest BCUT2D eigenvalue weighted by molar-refractivity contribution is 7.95. The number of hydrogen-bond acceptors (Lipinski definition) is 4. The third kappa shape index (κ3) is 2.18. The van der Waals surface area contributed by atoms with Crippen molar-refractivity contribution in [1.82, 2.24) is 0 Å². The van der Waals surface area contributed by atoms with E-state index in [0.29, 0.717) is 6.42 Å². The van der Waals surface area contributed by atoms with Crippen LogP contribution in [-0.2, 0) is 9.37 Å². The van der Waals surface area contributed by atoms with Gasteiger partial charge in [0.05, 0.1) is 0 Å². The highest BCUT2D eigenvalue weighted by Crippen LogP contribution is 2.57. The van der Waals surface area contributed by atoms with Crippen molar-refractivity contribution in [3.8, 4) is 0 Å². The lowest BCUT2D eigenvalue weighted by Gasteiger charge is -2.32. The van der Waals surface area contributed by atoms with Crippen molar-refractivity contribution in [2.45, 2.75) is 24.0 Å². The van der Waals surface area contributed by atoms with Crippen LogP contribution in [0, 0.1) is 17.8 Å². The van der Waals surface area contributed by atoms with Crippen molar-refractivity contribution in [2.75, 3.05) is 0 Å². The summed E-state index contributed by atoms with van der Waals surface area (Å²) in [5.41, 5.74) is 0. The standard InChI is InChI=1S/C9H10F4O3S/c10-8(11,9(12,13)17-16-15-14)7-4-5-1-2-6(7)3-5/h1-2,5-7,14H,3-4H2. The minimum absolute atomic E-state index is 0.0355. The van der Waals surface area contributed by atoms with E-state index < -0.39 is 35.1 Å². The highest BCUT2D eigenvalue weighted by atomic mass is 32.2. The molecule has 2 bridgehead atoms. The van der Waals surface area contributed by atoms with Gasteiger partial charge in [-0.25, -0.2) is 5.26 Å². The highest BCUT2D eigenvalue weighted by Gasteiger charge is 2.66. The molecule has 8 heteroatoms. The molecule has 1 saturated carbocycles. The molecule has 0 spiro atoms. The smallest absolute Gasteiger partial charge is 0.220 e. The van der Waals surface area contributed by atoms with Crippen LogP contribution in [0.3, 0.4) is 0 Å². The molecular weight excluding hydrogens is 264 g/mol. The lowest BCUT2D eigenvalue weighted by atomic mass is 9.87. The summed E-state index contributed by atoms with van der Waals surface area (Å²) in [6, 6.07) is 0. The number of alkyl halides is 4. The van der Waals surface area contributed by atoms with Gasteiger partial charge in [-0.05, 0) is 24.7 Å². The molecule has 0 saturated heterocycles. The fourth-order valence-electron chi connectivity index (χ4n) is 2.53. The van der Waals surface area contributed by atoms with Crippen LogP contribution in [-0.4, -0.2) is 16.4 Å². The molecule has 0 aromatic rings. The van der Waals surface area contributed by atoms with Crippen LogP contribution in [0.4, 0.5) is 17.6 Å². The van der Waals surface area contributed by atoms with Crippen LogP contribution < -0.4 is 0 Å². The van der Waals surface area contributed by atoms with E-state index in [9.17, 15) is 17.6 Å². The van der Waals surface area contributed by atoms with Gasteiger partial charge in [0.25, 0.3) is 0 Å². The molecule has 0 heterocycles. The molecule has 2 rings (SSSR count). The van der Waals surface area contributed by atoms with Gasteiger partial charge < -0.3 is 0 Å². The number of allylic oxidation sites excluding steroid dienone is 2. The van der Waals surface area contributed by atoms with E-state index in [0.717, 1.165) is 0 Å². The quantitative estimate of drug-likeness (QED) is 0.274. The summed E-state index contributed by atoms with van der Waals surface area (Å²) in [5.74, 6) is -6.16. The maximum Gasteiger partial charge on any atom is 0.383 e. The van der Waals surface area contributed by atoms with E-state index in [1.807, 2.05) is 0 Å². The van der Waals surface area contributed by atoms with Crippen LogP contribution in [0.15, 0.2) is 12.2 Å². The number of rotatable bonds is 5. The second-order valence-corrected chi connectivity index (χ2v) is 5.07. The van der Waals surface area contributed by atoms with Gasteiger partial charge in [0, 0.05) is 5.92 Å². The van der Waals surface area contributed by atoms with Gasteiger partial charge in [0.1, 0.15) is 12.0 Å². The molecule has 98 valence electrons. The maximum atomic E-state index is 13.7. The van der Waals surface area contributed by atoms with Gasteiger partial charge in [0.2, 0.25) is 0 Å². The number of halogens is 4. The Balaban J connectivity index is 2.09. The van der Waals surface area contributed by atoms with Crippen LogP contribution in [0.1, 0.15) is 12.8 Å². The lowest BCUT2D eigenvalue weighted by Crippen LogP contribution is -2.46. The Morgan fingerprint density at radius 3 is 2.35 bits per heavy atom. The van der Waals surface area contributed by atoms with Gasteiger partial charge in [0.15, 0.2) is 0 Å². The van der Waals surface area contributed by atoms with Gasteiger partial charge in [-0.1, -0.05) is 17.2 Å². The number of fused-ring (bicyclic) bond motifs is 2. The van der Waals surface area contributed by atoms with Gasteiger partial charge >= 0.3 is 11.2 Å². The molecule has 3 atom stereocenters. The normalized spacial score (nSPS) is 32.4. The Labute approximate surface area is 98.8 Å².